The van der Waals surface area contributed by atoms with Crippen LogP contribution in [-0.4, -0.2) is 18.4 Å². The number of hydrogen-bond acceptors (Lipinski definition) is 2. The Morgan fingerprint density at radius 1 is 1.26 bits per heavy atom. The van der Waals surface area contributed by atoms with Crippen molar-refractivity contribution in [3.8, 4) is 0 Å². The minimum atomic E-state index is 0.0799. The first kappa shape index (κ1) is 16.0. The smallest absolute Gasteiger partial charge is 0.220 e. The van der Waals surface area contributed by atoms with Gasteiger partial charge in [-0.3, -0.25) is 4.79 Å². The second-order valence-corrected chi connectivity index (χ2v) is 4.71. The SMILES string of the molecule is CCOCc1ccccc1CNC(=O)CCCCCl. The maximum absolute atomic E-state index is 11.6. The van der Waals surface area contributed by atoms with Crippen LogP contribution in [0.25, 0.3) is 0 Å². The molecule has 1 aromatic carbocycles. The molecule has 1 rings (SSSR count). The van der Waals surface area contributed by atoms with Gasteiger partial charge in [-0.25, -0.2) is 0 Å². The molecule has 3 nitrogen and oxygen atoms in total. The van der Waals surface area contributed by atoms with Crippen LogP contribution in [0.3, 0.4) is 0 Å². The Morgan fingerprint density at radius 3 is 2.68 bits per heavy atom. The second-order valence-electron chi connectivity index (χ2n) is 4.33. The Labute approximate surface area is 120 Å². The van der Waals surface area contributed by atoms with Crippen LogP contribution in [-0.2, 0) is 22.7 Å². The molecule has 0 heterocycles. The lowest BCUT2D eigenvalue weighted by Gasteiger charge is -2.10. The molecule has 0 atom stereocenters. The van der Waals surface area contributed by atoms with Gasteiger partial charge in [0.05, 0.1) is 6.61 Å². The van der Waals surface area contributed by atoms with Crippen LogP contribution in [0.15, 0.2) is 24.3 Å². The summed E-state index contributed by atoms with van der Waals surface area (Å²) in [7, 11) is 0. The van der Waals surface area contributed by atoms with Crippen LogP contribution < -0.4 is 5.32 Å². The van der Waals surface area contributed by atoms with Crippen molar-refractivity contribution in [1.82, 2.24) is 5.32 Å². The highest BCUT2D eigenvalue weighted by Gasteiger charge is 2.04. The highest BCUT2D eigenvalue weighted by molar-refractivity contribution is 6.17. The molecule has 0 aromatic heterocycles. The number of unbranched alkanes of at least 4 members (excludes halogenated alkanes) is 1. The Bertz CT molecular complexity index is 382. The second kappa shape index (κ2) is 9.82. The van der Waals surface area contributed by atoms with Gasteiger partial charge in [-0.2, -0.15) is 0 Å². The summed E-state index contributed by atoms with van der Waals surface area (Å²) in [5, 5.41) is 2.94. The molecule has 0 aliphatic heterocycles. The van der Waals surface area contributed by atoms with Crippen LogP contribution in [0.2, 0.25) is 0 Å². The summed E-state index contributed by atoms with van der Waals surface area (Å²) in [4.78, 5) is 11.6. The lowest BCUT2D eigenvalue weighted by molar-refractivity contribution is -0.121. The van der Waals surface area contributed by atoms with Crippen LogP contribution >= 0.6 is 11.6 Å². The number of ether oxygens (including phenoxy) is 1. The molecule has 0 saturated heterocycles. The summed E-state index contributed by atoms with van der Waals surface area (Å²) < 4.78 is 5.42. The molecule has 1 aromatic rings. The molecule has 1 N–H and O–H groups in total. The third-order valence-corrected chi connectivity index (χ3v) is 3.11. The number of halogens is 1. The van der Waals surface area contributed by atoms with Gasteiger partial charge < -0.3 is 10.1 Å². The highest BCUT2D eigenvalue weighted by Crippen LogP contribution is 2.10. The number of alkyl halides is 1. The quantitative estimate of drug-likeness (QED) is 0.558. The molecule has 4 heteroatoms. The number of carbonyl (C=O) groups excluding carboxylic acids is 1. The number of benzene rings is 1. The van der Waals surface area contributed by atoms with E-state index in [1.54, 1.807) is 0 Å². The predicted molar refractivity (Wildman–Crippen MR) is 78.2 cm³/mol. The van der Waals surface area contributed by atoms with Crippen LogP contribution in [0, 0.1) is 0 Å². The molecule has 19 heavy (non-hydrogen) atoms. The number of amides is 1. The van der Waals surface area contributed by atoms with Gasteiger partial charge in [0, 0.05) is 25.5 Å². The molecule has 0 saturated carbocycles. The van der Waals surface area contributed by atoms with E-state index >= 15 is 0 Å². The van der Waals surface area contributed by atoms with Gasteiger partial charge in [0.2, 0.25) is 5.91 Å². The molecule has 1 amide bonds. The molecule has 0 aliphatic carbocycles. The number of carbonyl (C=O) groups is 1. The fraction of sp³-hybridized carbons (Fsp3) is 0.533. The van der Waals surface area contributed by atoms with Gasteiger partial charge in [0.25, 0.3) is 0 Å². The van der Waals surface area contributed by atoms with Crippen molar-refractivity contribution < 1.29 is 9.53 Å². The maximum Gasteiger partial charge on any atom is 0.220 e. The van der Waals surface area contributed by atoms with Crippen molar-refractivity contribution in [2.45, 2.75) is 39.3 Å². The monoisotopic (exact) mass is 283 g/mol. The molecule has 106 valence electrons. The van der Waals surface area contributed by atoms with E-state index in [-0.39, 0.29) is 5.91 Å². The van der Waals surface area contributed by atoms with E-state index in [9.17, 15) is 4.79 Å². The normalized spacial score (nSPS) is 10.4. The summed E-state index contributed by atoms with van der Waals surface area (Å²) in [6.07, 6.45) is 2.27. The predicted octanol–water partition coefficient (Wildman–Crippen LogP) is 3.25. The zero-order valence-electron chi connectivity index (χ0n) is 11.5. The van der Waals surface area contributed by atoms with Crippen molar-refractivity contribution in [2.24, 2.45) is 0 Å². The third kappa shape index (κ3) is 6.60. The number of nitrogens with one attached hydrogen (secondary N) is 1. The van der Waals surface area contributed by atoms with Crippen molar-refractivity contribution in [3.05, 3.63) is 35.4 Å². The van der Waals surface area contributed by atoms with E-state index in [2.05, 4.69) is 5.32 Å². The van der Waals surface area contributed by atoms with Gasteiger partial charge in [-0.05, 0) is 30.9 Å². The summed E-state index contributed by atoms with van der Waals surface area (Å²) in [6.45, 7) is 3.82. The van der Waals surface area contributed by atoms with E-state index in [4.69, 9.17) is 16.3 Å². The van der Waals surface area contributed by atoms with Crippen molar-refractivity contribution >= 4 is 17.5 Å². The molecule has 0 fully saturated rings. The van der Waals surface area contributed by atoms with E-state index in [0.717, 1.165) is 24.0 Å². The number of hydrogen-bond donors (Lipinski definition) is 1. The topological polar surface area (TPSA) is 38.3 Å². The molecule has 0 radical (unpaired) electrons. The summed E-state index contributed by atoms with van der Waals surface area (Å²) >= 11 is 5.58. The average molecular weight is 284 g/mol. The fourth-order valence-corrected chi connectivity index (χ4v) is 1.93. The first-order chi connectivity index (χ1) is 9.27. The van der Waals surface area contributed by atoms with Crippen molar-refractivity contribution in [3.63, 3.8) is 0 Å². The Kier molecular flexibility index (Phi) is 8.26. The van der Waals surface area contributed by atoms with Gasteiger partial charge in [-0.15, -0.1) is 11.6 Å². The molecule has 0 bridgehead atoms. The van der Waals surface area contributed by atoms with Crippen LogP contribution in [0.4, 0.5) is 0 Å². The first-order valence-electron chi connectivity index (χ1n) is 6.75. The molecule has 0 spiro atoms. The van der Waals surface area contributed by atoms with Gasteiger partial charge in [0.15, 0.2) is 0 Å². The van der Waals surface area contributed by atoms with Gasteiger partial charge in [0.1, 0.15) is 0 Å². The Morgan fingerprint density at radius 2 is 2.00 bits per heavy atom. The minimum absolute atomic E-state index is 0.0799. The maximum atomic E-state index is 11.6. The average Bonchev–Trinajstić information content (AvgIpc) is 2.44. The zero-order chi connectivity index (χ0) is 13.9. The number of rotatable bonds is 9. The Balaban J connectivity index is 2.41. The summed E-state index contributed by atoms with van der Waals surface area (Å²) in [5.74, 6) is 0.695. The van der Waals surface area contributed by atoms with E-state index in [1.807, 2.05) is 31.2 Å². The third-order valence-electron chi connectivity index (χ3n) is 2.84. The summed E-state index contributed by atoms with van der Waals surface area (Å²) in [6, 6.07) is 8.02. The fourth-order valence-electron chi connectivity index (χ4n) is 1.75. The van der Waals surface area contributed by atoms with Gasteiger partial charge >= 0.3 is 0 Å². The standard InChI is InChI=1S/C15H22ClNO2/c1-2-19-12-14-8-4-3-7-13(14)11-17-15(18)9-5-6-10-16/h3-4,7-8H,2,5-6,9-12H2,1H3,(H,17,18). The summed E-state index contributed by atoms with van der Waals surface area (Å²) in [5.41, 5.74) is 2.24. The zero-order valence-corrected chi connectivity index (χ0v) is 12.2. The molecule has 0 unspecified atom stereocenters. The largest absolute Gasteiger partial charge is 0.377 e. The van der Waals surface area contributed by atoms with Crippen molar-refractivity contribution in [1.29, 1.82) is 0 Å². The lowest BCUT2D eigenvalue weighted by Crippen LogP contribution is -2.23. The first-order valence-corrected chi connectivity index (χ1v) is 7.28. The van der Waals surface area contributed by atoms with E-state index < -0.39 is 0 Å². The lowest BCUT2D eigenvalue weighted by atomic mass is 10.1. The van der Waals surface area contributed by atoms with Crippen LogP contribution in [0.5, 0.6) is 0 Å². The Hall–Kier alpha value is -1.06. The van der Waals surface area contributed by atoms with Crippen molar-refractivity contribution in [2.75, 3.05) is 12.5 Å². The van der Waals surface area contributed by atoms with E-state index in [1.165, 1.54) is 0 Å². The molecule has 0 aliphatic rings. The molecular formula is C15H22ClNO2. The van der Waals surface area contributed by atoms with Gasteiger partial charge in [-0.1, -0.05) is 24.3 Å². The van der Waals surface area contributed by atoms with Crippen LogP contribution in [0.1, 0.15) is 37.3 Å². The highest BCUT2D eigenvalue weighted by atomic mass is 35.5. The molecular weight excluding hydrogens is 262 g/mol. The minimum Gasteiger partial charge on any atom is -0.377 e. The van der Waals surface area contributed by atoms with E-state index in [0.29, 0.717) is 32.1 Å².